The van der Waals surface area contributed by atoms with Gasteiger partial charge in [-0.05, 0) is 37.4 Å². The van der Waals surface area contributed by atoms with Crippen LogP contribution in [0, 0.1) is 5.41 Å². The minimum Gasteiger partial charge on any atom is -0.310 e. The van der Waals surface area contributed by atoms with Crippen LogP contribution in [0.1, 0.15) is 40.0 Å². The molecule has 1 heterocycles. The first-order valence-electron chi connectivity index (χ1n) is 5.49. The van der Waals surface area contributed by atoms with Gasteiger partial charge in [-0.25, -0.2) is 0 Å². The molecule has 2 rings (SSSR count). The highest BCUT2D eigenvalue weighted by Gasteiger charge is 2.43. The standard InChI is InChI=1S/C11H21NS/c1-8-10(4-7-13-8)12-9(2)11(3)5-6-11/h8-10,12H,4-7H2,1-3H3. The lowest BCUT2D eigenvalue weighted by molar-refractivity contribution is 0.337. The molecule has 1 aliphatic heterocycles. The Bertz CT molecular complexity index is 189. The van der Waals surface area contributed by atoms with Crippen molar-refractivity contribution in [1.82, 2.24) is 5.32 Å². The van der Waals surface area contributed by atoms with Crippen molar-refractivity contribution >= 4 is 11.8 Å². The SMILES string of the molecule is CC1SCCC1NC(C)C1(C)CC1. The lowest BCUT2D eigenvalue weighted by Gasteiger charge is -2.26. The van der Waals surface area contributed by atoms with Gasteiger partial charge in [0.15, 0.2) is 0 Å². The Labute approximate surface area is 86.0 Å². The minimum absolute atomic E-state index is 0.632. The van der Waals surface area contributed by atoms with Crippen molar-refractivity contribution in [2.75, 3.05) is 5.75 Å². The first kappa shape index (κ1) is 9.85. The smallest absolute Gasteiger partial charge is 0.0194 e. The van der Waals surface area contributed by atoms with Gasteiger partial charge in [0.2, 0.25) is 0 Å². The second-order valence-electron chi connectivity index (χ2n) is 5.01. The molecule has 0 radical (unpaired) electrons. The van der Waals surface area contributed by atoms with Gasteiger partial charge >= 0.3 is 0 Å². The van der Waals surface area contributed by atoms with Crippen LogP contribution < -0.4 is 5.32 Å². The normalized spacial score (nSPS) is 39.0. The zero-order valence-corrected chi connectivity index (χ0v) is 9.79. The maximum Gasteiger partial charge on any atom is 0.0194 e. The molecule has 0 aromatic carbocycles. The van der Waals surface area contributed by atoms with Gasteiger partial charge in [-0.1, -0.05) is 13.8 Å². The molecule has 0 amide bonds. The molecule has 3 unspecified atom stereocenters. The molecule has 1 nitrogen and oxygen atoms in total. The van der Waals surface area contributed by atoms with E-state index in [0.29, 0.717) is 5.41 Å². The second kappa shape index (κ2) is 3.47. The van der Waals surface area contributed by atoms with Crippen molar-refractivity contribution in [3.8, 4) is 0 Å². The van der Waals surface area contributed by atoms with Crippen molar-refractivity contribution in [2.24, 2.45) is 5.41 Å². The van der Waals surface area contributed by atoms with Crippen molar-refractivity contribution < 1.29 is 0 Å². The number of rotatable bonds is 3. The van der Waals surface area contributed by atoms with Crippen LogP contribution in [-0.2, 0) is 0 Å². The largest absolute Gasteiger partial charge is 0.310 e. The molecule has 0 spiro atoms. The van der Waals surface area contributed by atoms with Crippen molar-refractivity contribution in [1.29, 1.82) is 0 Å². The predicted octanol–water partition coefficient (Wildman–Crippen LogP) is 2.66. The Morgan fingerprint density at radius 3 is 2.62 bits per heavy atom. The Morgan fingerprint density at radius 1 is 1.46 bits per heavy atom. The Kier molecular flexibility index (Phi) is 2.63. The van der Waals surface area contributed by atoms with Gasteiger partial charge in [0, 0.05) is 17.3 Å². The average Bonchev–Trinajstić information content (AvgIpc) is 2.72. The van der Waals surface area contributed by atoms with Crippen LogP contribution in [0.4, 0.5) is 0 Å². The Morgan fingerprint density at radius 2 is 2.15 bits per heavy atom. The quantitative estimate of drug-likeness (QED) is 0.750. The molecule has 1 N–H and O–H groups in total. The lowest BCUT2D eigenvalue weighted by Crippen LogP contribution is -2.43. The van der Waals surface area contributed by atoms with Crippen molar-refractivity contribution in [3.05, 3.63) is 0 Å². The van der Waals surface area contributed by atoms with E-state index in [1.54, 1.807) is 0 Å². The van der Waals surface area contributed by atoms with Crippen LogP contribution in [0.15, 0.2) is 0 Å². The summed E-state index contributed by atoms with van der Waals surface area (Å²) < 4.78 is 0. The maximum atomic E-state index is 3.81. The molecule has 2 fully saturated rings. The third-order valence-electron chi connectivity index (χ3n) is 3.92. The van der Waals surface area contributed by atoms with Crippen LogP contribution in [0.3, 0.4) is 0 Å². The fourth-order valence-electron chi connectivity index (χ4n) is 2.10. The number of hydrogen-bond donors (Lipinski definition) is 1. The topological polar surface area (TPSA) is 12.0 Å². The molecule has 2 aliphatic rings. The van der Waals surface area contributed by atoms with E-state index in [4.69, 9.17) is 0 Å². The van der Waals surface area contributed by atoms with Crippen molar-refractivity contribution in [2.45, 2.75) is 57.4 Å². The van der Waals surface area contributed by atoms with Crippen LogP contribution in [0.2, 0.25) is 0 Å². The zero-order valence-electron chi connectivity index (χ0n) is 8.97. The Hall–Kier alpha value is 0.310. The molecule has 1 saturated carbocycles. The molecule has 2 heteroatoms. The minimum atomic E-state index is 0.632. The molecule has 0 bridgehead atoms. The number of nitrogens with one attached hydrogen (secondary N) is 1. The molecule has 0 aromatic rings. The second-order valence-corrected chi connectivity index (χ2v) is 6.50. The van der Waals surface area contributed by atoms with Gasteiger partial charge in [0.05, 0.1) is 0 Å². The third kappa shape index (κ3) is 2.04. The first-order valence-corrected chi connectivity index (χ1v) is 6.54. The molecule has 3 atom stereocenters. The average molecular weight is 199 g/mol. The van der Waals surface area contributed by atoms with E-state index in [1.165, 1.54) is 25.0 Å². The van der Waals surface area contributed by atoms with E-state index < -0.39 is 0 Å². The fraction of sp³-hybridized carbons (Fsp3) is 1.00. The summed E-state index contributed by atoms with van der Waals surface area (Å²) in [5.74, 6) is 1.35. The molecular formula is C11H21NS. The Balaban J connectivity index is 1.83. The van der Waals surface area contributed by atoms with Gasteiger partial charge in [-0.15, -0.1) is 0 Å². The van der Waals surface area contributed by atoms with E-state index in [2.05, 4.69) is 37.8 Å². The molecule has 1 aliphatic carbocycles. The highest BCUT2D eigenvalue weighted by Crippen LogP contribution is 2.48. The molecule has 0 aromatic heterocycles. The number of thioether (sulfide) groups is 1. The van der Waals surface area contributed by atoms with Crippen LogP contribution in [0.5, 0.6) is 0 Å². The summed E-state index contributed by atoms with van der Waals surface area (Å²) in [5.41, 5.74) is 0.632. The molecular weight excluding hydrogens is 178 g/mol. The number of hydrogen-bond acceptors (Lipinski definition) is 2. The zero-order chi connectivity index (χ0) is 9.47. The summed E-state index contributed by atoms with van der Waals surface area (Å²) in [6, 6.07) is 1.50. The van der Waals surface area contributed by atoms with Gasteiger partial charge < -0.3 is 5.32 Å². The molecule has 1 saturated heterocycles. The van der Waals surface area contributed by atoms with Gasteiger partial charge in [-0.3, -0.25) is 0 Å². The highest BCUT2D eigenvalue weighted by atomic mass is 32.2. The third-order valence-corrected chi connectivity index (χ3v) is 5.25. The first-order chi connectivity index (χ1) is 6.12. The fourth-order valence-corrected chi connectivity index (χ4v) is 3.31. The summed E-state index contributed by atoms with van der Waals surface area (Å²) in [5, 5.41) is 4.63. The summed E-state index contributed by atoms with van der Waals surface area (Å²) in [7, 11) is 0. The lowest BCUT2D eigenvalue weighted by atomic mass is 9.99. The summed E-state index contributed by atoms with van der Waals surface area (Å²) in [6.45, 7) is 7.14. The van der Waals surface area contributed by atoms with E-state index in [-0.39, 0.29) is 0 Å². The summed E-state index contributed by atoms with van der Waals surface area (Å²) in [6.07, 6.45) is 4.22. The summed E-state index contributed by atoms with van der Waals surface area (Å²) in [4.78, 5) is 0. The van der Waals surface area contributed by atoms with E-state index >= 15 is 0 Å². The predicted molar refractivity (Wildman–Crippen MR) is 60.3 cm³/mol. The van der Waals surface area contributed by atoms with E-state index in [0.717, 1.165) is 17.3 Å². The van der Waals surface area contributed by atoms with Gasteiger partial charge in [0.1, 0.15) is 0 Å². The highest BCUT2D eigenvalue weighted by molar-refractivity contribution is 8.00. The maximum absolute atomic E-state index is 3.81. The summed E-state index contributed by atoms with van der Waals surface area (Å²) >= 11 is 2.12. The van der Waals surface area contributed by atoms with Gasteiger partial charge in [0.25, 0.3) is 0 Å². The van der Waals surface area contributed by atoms with Crippen LogP contribution in [-0.4, -0.2) is 23.1 Å². The van der Waals surface area contributed by atoms with Gasteiger partial charge in [-0.2, -0.15) is 11.8 Å². The van der Waals surface area contributed by atoms with Crippen LogP contribution >= 0.6 is 11.8 Å². The van der Waals surface area contributed by atoms with E-state index in [9.17, 15) is 0 Å². The van der Waals surface area contributed by atoms with Crippen molar-refractivity contribution in [3.63, 3.8) is 0 Å². The monoisotopic (exact) mass is 199 g/mol. The molecule has 76 valence electrons. The van der Waals surface area contributed by atoms with Crippen LogP contribution in [0.25, 0.3) is 0 Å². The van der Waals surface area contributed by atoms with E-state index in [1.807, 2.05) is 0 Å². The molecule has 13 heavy (non-hydrogen) atoms.